The summed E-state index contributed by atoms with van der Waals surface area (Å²) in [7, 11) is 2.18. The fourth-order valence-corrected chi connectivity index (χ4v) is 2.68. The number of hydrogen-bond donors (Lipinski definition) is 2. The van der Waals surface area contributed by atoms with Gasteiger partial charge in [-0.2, -0.15) is 0 Å². The standard InChI is InChI=1S/C15H23IN2O2.C2H2O4/c1-17-6-8-18(9-7-17)10-11-19-12-13-20-15-5-3-2-4-14(15)16;3-1(4)2(5)6/h2-5H,6-13H2,1H3;(H,3,4)(H,5,6). The second kappa shape index (κ2) is 12.8. The third-order valence-corrected chi connectivity index (χ3v) is 4.54. The molecule has 1 aliphatic rings. The van der Waals surface area contributed by atoms with E-state index in [0.29, 0.717) is 13.2 Å². The normalized spacial score (nSPS) is 15.0. The number of benzene rings is 1. The summed E-state index contributed by atoms with van der Waals surface area (Å²) in [4.78, 5) is 23.0. The Balaban J connectivity index is 0.000000487. The molecule has 8 nitrogen and oxygen atoms in total. The monoisotopic (exact) mass is 480 g/mol. The van der Waals surface area contributed by atoms with E-state index in [9.17, 15) is 0 Å². The average molecular weight is 480 g/mol. The van der Waals surface area contributed by atoms with Crippen LogP contribution in [0.15, 0.2) is 24.3 Å². The van der Waals surface area contributed by atoms with E-state index < -0.39 is 11.9 Å². The van der Waals surface area contributed by atoms with Crippen molar-refractivity contribution < 1.29 is 29.3 Å². The van der Waals surface area contributed by atoms with Crippen LogP contribution in [-0.4, -0.2) is 91.5 Å². The second-order valence-electron chi connectivity index (χ2n) is 5.65. The molecule has 0 bridgehead atoms. The summed E-state index contributed by atoms with van der Waals surface area (Å²) >= 11 is 2.28. The van der Waals surface area contributed by atoms with E-state index in [0.717, 1.165) is 48.7 Å². The zero-order valence-corrected chi connectivity index (χ0v) is 16.9. The number of carboxylic acid groups (broad SMARTS) is 2. The van der Waals surface area contributed by atoms with Crippen LogP contribution < -0.4 is 4.74 Å². The molecule has 1 aromatic rings. The summed E-state index contributed by atoms with van der Waals surface area (Å²) in [5, 5.41) is 14.8. The van der Waals surface area contributed by atoms with Crippen LogP contribution in [-0.2, 0) is 14.3 Å². The highest BCUT2D eigenvalue weighted by Gasteiger charge is 2.12. The van der Waals surface area contributed by atoms with Crippen LogP contribution in [0.25, 0.3) is 0 Å². The van der Waals surface area contributed by atoms with E-state index in [1.54, 1.807) is 0 Å². The Morgan fingerprint density at radius 1 is 1.04 bits per heavy atom. The van der Waals surface area contributed by atoms with E-state index >= 15 is 0 Å². The van der Waals surface area contributed by atoms with Crippen LogP contribution in [0.1, 0.15) is 0 Å². The number of rotatable bonds is 7. The van der Waals surface area contributed by atoms with Gasteiger partial charge in [-0.05, 0) is 41.8 Å². The quantitative estimate of drug-likeness (QED) is 0.340. The number of aliphatic carboxylic acids is 2. The van der Waals surface area contributed by atoms with Crippen molar-refractivity contribution in [3.63, 3.8) is 0 Å². The number of ether oxygens (including phenoxy) is 2. The minimum absolute atomic E-state index is 0.614. The predicted molar refractivity (Wildman–Crippen MR) is 105 cm³/mol. The number of halogens is 1. The molecule has 0 spiro atoms. The second-order valence-corrected chi connectivity index (χ2v) is 6.81. The Morgan fingerprint density at radius 2 is 1.65 bits per heavy atom. The molecule has 1 heterocycles. The molecule has 0 amide bonds. The van der Waals surface area contributed by atoms with Gasteiger partial charge in [0.1, 0.15) is 12.4 Å². The van der Waals surface area contributed by atoms with Crippen LogP contribution in [0.5, 0.6) is 5.75 Å². The third kappa shape index (κ3) is 9.90. The van der Waals surface area contributed by atoms with Gasteiger partial charge in [0, 0.05) is 32.7 Å². The molecule has 1 aliphatic heterocycles. The van der Waals surface area contributed by atoms with Gasteiger partial charge in [0.15, 0.2) is 0 Å². The van der Waals surface area contributed by atoms with Crippen molar-refractivity contribution in [1.82, 2.24) is 9.80 Å². The number of hydrogen-bond acceptors (Lipinski definition) is 6. The first-order chi connectivity index (χ1) is 12.4. The Hall–Kier alpha value is -1.43. The lowest BCUT2D eigenvalue weighted by Crippen LogP contribution is -2.45. The van der Waals surface area contributed by atoms with Crippen molar-refractivity contribution in [2.24, 2.45) is 0 Å². The topological polar surface area (TPSA) is 99.5 Å². The molecule has 0 radical (unpaired) electrons. The number of carboxylic acids is 2. The molecule has 0 saturated carbocycles. The number of para-hydroxylation sites is 1. The molecule has 146 valence electrons. The Kier molecular flexibility index (Phi) is 11.2. The van der Waals surface area contributed by atoms with Gasteiger partial charge in [-0.3, -0.25) is 4.90 Å². The third-order valence-electron chi connectivity index (χ3n) is 3.65. The summed E-state index contributed by atoms with van der Waals surface area (Å²) in [6, 6.07) is 8.04. The van der Waals surface area contributed by atoms with Gasteiger partial charge in [0.25, 0.3) is 0 Å². The molecule has 0 aliphatic carbocycles. The van der Waals surface area contributed by atoms with Gasteiger partial charge in [-0.1, -0.05) is 12.1 Å². The fraction of sp³-hybridized carbons (Fsp3) is 0.529. The fourth-order valence-electron chi connectivity index (χ4n) is 2.14. The van der Waals surface area contributed by atoms with Gasteiger partial charge >= 0.3 is 11.9 Å². The largest absolute Gasteiger partial charge is 0.490 e. The van der Waals surface area contributed by atoms with Crippen molar-refractivity contribution in [3.8, 4) is 5.75 Å². The molecule has 1 aromatic carbocycles. The SMILES string of the molecule is CN1CCN(CCOCCOc2ccccc2I)CC1.O=C(O)C(=O)O. The Bertz CT molecular complexity index is 552. The molecule has 0 atom stereocenters. The summed E-state index contributed by atoms with van der Waals surface area (Å²) in [5.41, 5.74) is 0. The Morgan fingerprint density at radius 3 is 2.23 bits per heavy atom. The molecule has 1 fully saturated rings. The summed E-state index contributed by atoms with van der Waals surface area (Å²) in [5.74, 6) is -2.71. The summed E-state index contributed by atoms with van der Waals surface area (Å²) < 4.78 is 12.5. The average Bonchev–Trinajstić information content (AvgIpc) is 2.61. The van der Waals surface area contributed by atoms with E-state index in [1.165, 1.54) is 0 Å². The lowest BCUT2D eigenvalue weighted by atomic mass is 10.3. The van der Waals surface area contributed by atoms with Crippen LogP contribution in [0.2, 0.25) is 0 Å². The van der Waals surface area contributed by atoms with E-state index in [2.05, 4.69) is 39.4 Å². The van der Waals surface area contributed by atoms with Crippen molar-refractivity contribution in [2.45, 2.75) is 0 Å². The molecular weight excluding hydrogens is 455 g/mol. The first kappa shape index (κ1) is 22.6. The highest BCUT2D eigenvalue weighted by atomic mass is 127. The molecule has 26 heavy (non-hydrogen) atoms. The lowest BCUT2D eigenvalue weighted by molar-refractivity contribution is -0.159. The molecule has 1 saturated heterocycles. The molecule has 0 unspecified atom stereocenters. The van der Waals surface area contributed by atoms with E-state index in [1.807, 2.05) is 24.3 Å². The number of piperazine rings is 1. The first-order valence-corrected chi connectivity index (χ1v) is 9.30. The zero-order chi connectivity index (χ0) is 19.4. The minimum atomic E-state index is -1.82. The summed E-state index contributed by atoms with van der Waals surface area (Å²) in [6.07, 6.45) is 0. The van der Waals surface area contributed by atoms with Gasteiger partial charge in [0.2, 0.25) is 0 Å². The van der Waals surface area contributed by atoms with Crippen LogP contribution in [0.3, 0.4) is 0 Å². The highest BCUT2D eigenvalue weighted by Crippen LogP contribution is 2.19. The van der Waals surface area contributed by atoms with Gasteiger partial charge in [0.05, 0.1) is 16.8 Å². The van der Waals surface area contributed by atoms with Crippen molar-refractivity contribution in [1.29, 1.82) is 0 Å². The summed E-state index contributed by atoms with van der Waals surface area (Å²) in [6.45, 7) is 7.71. The predicted octanol–water partition coefficient (Wildman–Crippen LogP) is 1.09. The maximum atomic E-state index is 9.10. The molecule has 2 rings (SSSR count). The van der Waals surface area contributed by atoms with Crippen molar-refractivity contribution >= 4 is 34.5 Å². The van der Waals surface area contributed by atoms with Crippen molar-refractivity contribution in [3.05, 3.63) is 27.8 Å². The van der Waals surface area contributed by atoms with E-state index in [-0.39, 0.29) is 0 Å². The Labute approximate surface area is 166 Å². The first-order valence-electron chi connectivity index (χ1n) is 8.22. The highest BCUT2D eigenvalue weighted by molar-refractivity contribution is 14.1. The molecule has 2 N–H and O–H groups in total. The van der Waals surface area contributed by atoms with Crippen LogP contribution >= 0.6 is 22.6 Å². The number of nitrogens with zero attached hydrogens (tertiary/aromatic N) is 2. The van der Waals surface area contributed by atoms with Gasteiger partial charge in [-0.15, -0.1) is 0 Å². The maximum Gasteiger partial charge on any atom is 0.414 e. The smallest absolute Gasteiger partial charge is 0.414 e. The zero-order valence-electron chi connectivity index (χ0n) is 14.8. The molecule has 9 heteroatoms. The number of carbonyl (C=O) groups is 2. The maximum absolute atomic E-state index is 9.10. The van der Waals surface area contributed by atoms with Gasteiger partial charge in [-0.25, -0.2) is 9.59 Å². The molecule has 0 aromatic heterocycles. The number of likely N-dealkylation sites (N-methyl/N-ethyl adjacent to an activating group) is 1. The van der Waals surface area contributed by atoms with Crippen LogP contribution in [0.4, 0.5) is 0 Å². The van der Waals surface area contributed by atoms with Gasteiger partial charge < -0.3 is 24.6 Å². The van der Waals surface area contributed by atoms with Crippen LogP contribution in [0, 0.1) is 3.57 Å². The molecular formula is C17H25IN2O6. The minimum Gasteiger partial charge on any atom is -0.490 e. The van der Waals surface area contributed by atoms with E-state index in [4.69, 9.17) is 29.3 Å². The lowest BCUT2D eigenvalue weighted by Gasteiger charge is -2.32. The van der Waals surface area contributed by atoms with Crippen molar-refractivity contribution in [2.75, 3.05) is 59.6 Å².